The fourth-order valence-electron chi connectivity index (χ4n) is 3.65. The SMILES string of the molecule is O=C1C[C@@H](c2ccccc2)C(=O)N1c1ccc(NCc2cccc(Cl)c2)c([N+](=O)[O-])c1. The first-order valence-electron chi connectivity index (χ1n) is 9.62. The number of nitrogens with zero attached hydrogens (tertiary/aromatic N) is 2. The van der Waals surface area contributed by atoms with Gasteiger partial charge in [0.05, 0.1) is 16.5 Å². The maximum Gasteiger partial charge on any atom is 0.294 e. The normalized spacial score (nSPS) is 15.9. The first-order valence-corrected chi connectivity index (χ1v) is 10.0. The van der Waals surface area contributed by atoms with Crippen LogP contribution in [-0.4, -0.2) is 16.7 Å². The van der Waals surface area contributed by atoms with E-state index in [9.17, 15) is 19.7 Å². The Balaban J connectivity index is 1.59. The van der Waals surface area contributed by atoms with Gasteiger partial charge in [0, 0.05) is 24.1 Å². The standard InChI is InChI=1S/C23H18ClN3O4/c24-17-8-4-5-15(11-17)14-25-20-10-9-18(12-21(20)27(30)31)26-22(28)13-19(23(26)29)16-6-2-1-3-7-16/h1-12,19,25H,13-14H2/t19-/m0/s1. The lowest BCUT2D eigenvalue weighted by Gasteiger charge is -2.16. The van der Waals surface area contributed by atoms with Gasteiger partial charge in [0.25, 0.3) is 5.69 Å². The van der Waals surface area contributed by atoms with Crippen LogP contribution in [0.2, 0.25) is 5.02 Å². The summed E-state index contributed by atoms with van der Waals surface area (Å²) in [5, 5.41) is 15.3. The van der Waals surface area contributed by atoms with Crippen LogP contribution in [-0.2, 0) is 16.1 Å². The van der Waals surface area contributed by atoms with Crippen molar-refractivity contribution >= 4 is 40.5 Å². The molecule has 4 rings (SSSR count). The number of carbonyl (C=O) groups is 2. The maximum absolute atomic E-state index is 12.9. The van der Waals surface area contributed by atoms with Crippen LogP contribution >= 0.6 is 11.6 Å². The molecule has 1 saturated heterocycles. The molecule has 7 nitrogen and oxygen atoms in total. The van der Waals surface area contributed by atoms with Crippen molar-refractivity contribution in [2.24, 2.45) is 0 Å². The van der Waals surface area contributed by atoms with E-state index >= 15 is 0 Å². The van der Waals surface area contributed by atoms with Gasteiger partial charge in [-0.1, -0.05) is 54.1 Å². The van der Waals surface area contributed by atoms with Crippen LogP contribution in [0.4, 0.5) is 17.1 Å². The summed E-state index contributed by atoms with van der Waals surface area (Å²) in [6.07, 6.45) is 0.0331. The number of benzene rings is 3. The number of amides is 2. The molecule has 1 N–H and O–H groups in total. The number of nitro groups is 1. The van der Waals surface area contributed by atoms with E-state index in [-0.39, 0.29) is 35.3 Å². The summed E-state index contributed by atoms with van der Waals surface area (Å²) < 4.78 is 0. The minimum Gasteiger partial charge on any atom is -0.375 e. The van der Waals surface area contributed by atoms with E-state index in [0.717, 1.165) is 16.0 Å². The number of hydrogen-bond acceptors (Lipinski definition) is 5. The Hall–Kier alpha value is -3.71. The predicted molar refractivity (Wildman–Crippen MR) is 118 cm³/mol. The van der Waals surface area contributed by atoms with Crippen LogP contribution in [0.25, 0.3) is 0 Å². The van der Waals surface area contributed by atoms with Crippen molar-refractivity contribution < 1.29 is 14.5 Å². The van der Waals surface area contributed by atoms with Crippen LogP contribution in [0.3, 0.4) is 0 Å². The lowest BCUT2D eigenvalue weighted by molar-refractivity contribution is -0.383. The predicted octanol–water partition coefficient (Wildman–Crippen LogP) is 4.91. The highest BCUT2D eigenvalue weighted by atomic mass is 35.5. The molecule has 0 unspecified atom stereocenters. The smallest absolute Gasteiger partial charge is 0.294 e. The molecule has 1 aliphatic rings. The third-order valence-corrected chi connectivity index (χ3v) is 5.39. The summed E-state index contributed by atoms with van der Waals surface area (Å²) in [6, 6.07) is 20.5. The van der Waals surface area contributed by atoms with Crippen molar-refractivity contribution in [3.05, 3.63) is 99.1 Å². The molecule has 8 heteroatoms. The van der Waals surface area contributed by atoms with Crippen LogP contribution < -0.4 is 10.2 Å². The van der Waals surface area contributed by atoms with Crippen LogP contribution in [0.1, 0.15) is 23.5 Å². The molecule has 0 aliphatic carbocycles. The van der Waals surface area contributed by atoms with Gasteiger partial charge in [-0.25, -0.2) is 4.90 Å². The number of nitrogens with one attached hydrogen (secondary N) is 1. The fraction of sp³-hybridized carbons (Fsp3) is 0.130. The van der Waals surface area contributed by atoms with Gasteiger partial charge < -0.3 is 5.32 Å². The van der Waals surface area contributed by atoms with Crippen molar-refractivity contribution in [2.75, 3.05) is 10.2 Å². The second-order valence-corrected chi connectivity index (χ2v) is 7.61. The zero-order chi connectivity index (χ0) is 22.0. The first kappa shape index (κ1) is 20.6. The van der Waals surface area contributed by atoms with Crippen LogP contribution in [0, 0.1) is 10.1 Å². The highest BCUT2D eigenvalue weighted by Gasteiger charge is 2.40. The van der Waals surface area contributed by atoms with E-state index in [1.807, 2.05) is 12.1 Å². The first-order chi connectivity index (χ1) is 14.9. The molecule has 2 amide bonds. The van der Waals surface area contributed by atoms with E-state index in [2.05, 4.69) is 5.32 Å². The van der Waals surface area contributed by atoms with Crippen molar-refractivity contribution in [3.63, 3.8) is 0 Å². The Morgan fingerprint density at radius 2 is 1.81 bits per heavy atom. The Labute approximate surface area is 183 Å². The molecule has 0 radical (unpaired) electrons. The Kier molecular flexibility index (Phi) is 5.68. The van der Waals surface area contributed by atoms with Crippen molar-refractivity contribution in [1.29, 1.82) is 0 Å². The second kappa shape index (κ2) is 8.57. The van der Waals surface area contributed by atoms with Gasteiger partial charge in [0.1, 0.15) is 5.69 Å². The Morgan fingerprint density at radius 3 is 2.52 bits per heavy atom. The fourth-order valence-corrected chi connectivity index (χ4v) is 3.87. The van der Waals surface area contributed by atoms with Gasteiger partial charge in [-0.05, 0) is 35.4 Å². The summed E-state index contributed by atoms with van der Waals surface area (Å²) in [7, 11) is 0. The van der Waals surface area contributed by atoms with E-state index < -0.39 is 10.8 Å². The highest BCUT2D eigenvalue weighted by Crippen LogP contribution is 2.36. The number of anilines is 2. The van der Waals surface area contributed by atoms with E-state index in [1.165, 1.54) is 18.2 Å². The average Bonchev–Trinajstić information content (AvgIpc) is 3.07. The molecule has 0 bridgehead atoms. The van der Waals surface area contributed by atoms with Crippen LogP contribution in [0.15, 0.2) is 72.8 Å². The topological polar surface area (TPSA) is 92.6 Å². The van der Waals surface area contributed by atoms with Gasteiger partial charge in [-0.15, -0.1) is 0 Å². The van der Waals surface area contributed by atoms with E-state index in [4.69, 9.17) is 11.6 Å². The summed E-state index contributed by atoms with van der Waals surface area (Å²) in [4.78, 5) is 37.7. The number of nitro benzene ring substituents is 1. The lowest BCUT2D eigenvalue weighted by atomic mass is 9.98. The minimum absolute atomic E-state index is 0.0331. The third kappa shape index (κ3) is 4.27. The van der Waals surface area contributed by atoms with Crippen molar-refractivity contribution in [2.45, 2.75) is 18.9 Å². The van der Waals surface area contributed by atoms with Crippen LogP contribution in [0.5, 0.6) is 0 Å². The number of imide groups is 1. The Morgan fingerprint density at radius 1 is 1.03 bits per heavy atom. The zero-order valence-corrected chi connectivity index (χ0v) is 17.1. The van der Waals surface area contributed by atoms with Gasteiger partial charge in [0.15, 0.2) is 0 Å². The molecule has 31 heavy (non-hydrogen) atoms. The molecule has 1 aliphatic heterocycles. The summed E-state index contributed by atoms with van der Waals surface area (Å²) in [6.45, 7) is 0.332. The molecule has 1 fully saturated rings. The molecular weight excluding hydrogens is 418 g/mol. The highest BCUT2D eigenvalue weighted by molar-refractivity contribution is 6.30. The summed E-state index contributed by atoms with van der Waals surface area (Å²) >= 11 is 5.98. The minimum atomic E-state index is -0.589. The number of halogens is 1. The average molecular weight is 436 g/mol. The molecular formula is C23H18ClN3O4. The lowest BCUT2D eigenvalue weighted by Crippen LogP contribution is -2.30. The van der Waals surface area contributed by atoms with Gasteiger partial charge in [0.2, 0.25) is 11.8 Å². The van der Waals surface area contributed by atoms with E-state index in [0.29, 0.717) is 11.6 Å². The Bertz CT molecular complexity index is 1170. The molecule has 3 aromatic rings. The monoisotopic (exact) mass is 435 g/mol. The quantitative estimate of drug-likeness (QED) is 0.337. The number of rotatable bonds is 6. The number of hydrogen-bond donors (Lipinski definition) is 1. The molecule has 0 spiro atoms. The largest absolute Gasteiger partial charge is 0.375 e. The third-order valence-electron chi connectivity index (χ3n) is 5.16. The zero-order valence-electron chi connectivity index (χ0n) is 16.3. The maximum atomic E-state index is 12.9. The molecule has 156 valence electrons. The van der Waals surface area contributed by atoms with Crippen molar-refractivity contribution in [1.82, 2.24) is 0 Å². The van der Waals surface area contributed by atoms with Gasteiger partial charge in [-0.3, -0.25) is 19.7 Å². The van der Waals surface area contributed by atoms with E-state index in [1.54, 1.807) is 42.5 Å². The molecule has 0 saturated carbocycles. The molecule has 0 aromatic heterocycles. The summed E-state index contributed by atoms with van der Waals surface area (Å²) in [5.41, 5.74) is 1.86. The molecule has 1 heterocycles. The van der Waals surface area contributed by atoms with Crippen molar-refractivity contribution in [3.8, 4) is 0 Å². The van der Waals surface area contributed by atoms with Gasteiger partial charge in [-0.2, -0.15) is 0 Å². The second-order valence-electron chi connectivity index (χ2n) is 7.18. The summed E-state index contributed by atoms with van der Waals surface area (Å²) in [5.74, 6) is -1.36. The molecule has 3 aromatic carbocycles. The molecule has 1 atom stereocenters. The van der Waals surface area contributed by atoms with Gasteiger partial charge >= 0.3 is 0 Å². The number of carbonyl (C=O) groups excluding carboxylic acids is 2.